The number of piperidine rings is 1. The zero-order chi connectivity index (χ0) is 17.2. The van der Waals surface area contributed by atoms with Crippen molar-refractivity contribution in [3.05, 3.63) is 30.0 Å². The molecule has 2 aromatic rings. The lowest BCUT2D eigenvalue weighted by Crippen LogP contribution is -2.50. The van der Waals surface area contributed by atoms with Gasteiger partial charge in [0.15, 0.2) is 0 Å². The zero-order valence-corrected chi connectivity index (χ0v) is 14.9. The molecule has 1 saturated heterocycles. The molecule has 1 aliphatic heterocycles. The number of H-pyrrole nitrogens is 1. The van der Waals surface area contributed by atoms with Crippen molar-refractivity contribution in [1.29, 1.82) is 0 Å². The van der Waals surface area contributed by atoms with Crippen LogP contribution in [0.1, 0.15) is 37.7 Å². The molecule has 4 rings (SSSR count). The number of methoxy groups -OCH3 is 1. The topological polar surface area (TPSA) is 57.4 Å². The Labute approximate surface area is 148 Å². The second kappa shape index (κ2) is 6.98. The van der Waals surface area contributed by atoms with Gasteiger partial charge in [-0.15, -0.1) is 0 Å². The number of ether oxygens (including phenoxy) is 1. The third kappa shape index (κ3) is 3.20. The van der Waals surface area contributed by atoms with Crippen LogP contribution in [0.25, 0.3) is 10.9 Å². The zero-order valence-electron chi connectivity index (χ0n) is 14.9. The molecule has 5 heteroatoms. The van der Waals surface area contributed by atoms with Crippen LogP contribution in [0.15, 0.2) is 24.4 Å². The van der Waals surface area contributed by atoms with E-state index in [1.165, 1.54) is 36.6 Å². The molecule has 2 N–H and O–H groups in total. The maximum atomic E-state index is 12.6. The SMILES string of the molecule is COc1ccc2[nH]cc(CCNC(=O)N3CCCC4CCCC43)c2c1. The first-order chi connectivity index (χ1) is 12.3. The number of urea groups is 1. The molecule has 2 atom stereocenters. The molecule has 1 aromatic carbocycles. The summed E-state index contributed by atoms with van der Waals surface area (Å²) in [5.74, 6) is 1.60. The first-order valence-corrected chi connectivity index (χ1v) is 9.45. The molecule has 25 heavy (non-hydrogen) atoms. The number of rotatable bonds is 4. The maximum Gasteiger partial charge on any atom is 0.317 e. The molecule has 1 saturated carbocycles. The Bertz CT molecular complexity index is 754. The molecule has 1 aliphatic carbocycles. The van der Waals surface area contributed by atoms with E-state index in [1.807, 2.05) is 18.3 Å². The Balaban J connectivity index is 1.36. The van der Waals surface area contributed by atoms with Crippen molar-refractivity contribution in [2.45, 2.75) is 44.6 Å². The first-order valence-electron chi connectivity index (χ1n) is 9.45. The van der Waals surface area contributed by atoms with Gasteiger partial charge in [0.2, 0.25) is 0 Å². The van der Waals surface area contributed by atoms with Gasteiger partial charge in [-0.05, 0) is 61.8 Å². The van der Waals surface area contributed by atoms with Gasteiger partial charge >= 0.3 is 6.03 Å². The number of fused-ring (bicyclic) bond motifs is 2. The molecule has 2 aliphatic rings. The van der Waals surface area contributed by atoms with E-state index in [-0.39, 0.29) is 6.03 Å². The number of likely N-dealkylation sites (tertiary alicyclic amines) is 1. The highest BCUT2D eigenvalue weighted by atomic mass is 16.5. The van der Waals surface area contributed by atoms with E-state index < -0.39 is 0 Å². The molecule has 1 aromatic heterocycles. The second-order valence-electron chi connectivity index (χ2n) is 7.30. The van der Waals surface area contributed by atoms with Gasteiger partial charge in [-0.25, -0.2) is 4.79 Å². The van der Waals surface area contributed by atoms with Crippen molar-refractivity contribution in [3.63, 3.8) is 0 Å². The maximum absolute atomic E-state index is 12.6. The van der Waals surface area contributed by atoms with Gasteiger partial charge in [0, 0.05) is 36.2 Å². The van der Waals surface area contributed by atoms with Crippen molar-refractivity contribution in [2.24, 2.45) is 5.92 Å². The summed E-state index contributed by atoms with van der Waals surface area (Å²) in [5, 5.41) is 4.31. The quantitative estimate of drug-likeness (QED) is 0.891. The third-order valence-electron chi connectivity index (χ3n) is 5.90. The summed E-state index contributed by atoms with van der Waals surface area (Å²) in [6.45, 7) is 1.58. The van der Waals surface area contributed by atoms with E-state index in [0.717, 1.165) is 36.6 Å². The van der Waals surface area contributed by atoms with Crippen LogP contribution in [0.4, 0.5) is 4.79 Å². The Morgan fingerprint density at radius 2 is 2.20 bits per heavy atom. The minimum absolute atomic E-state index is 0.119. The van der Waals surface area contributed by atoms with Gasteiger partial charge in [-0.3, -0.25) is 0 Å². The molecule has 0 spiro atoms. The molecule has 2 fully saturated rings. The fraction of sp³-hybridized carbons (Fsp3) is 0.550. The van der Waals surface area contributed by atoms with Crippen LogP contribution in [0.2, 0.25) is 0 Å². The van der Waals surface area contributed by atoms with Crippen LogP contribution in [0, 0.1) is 5.92 Å². The number of nitrogens with one attached hydrogen (secondary N) is 2. The first kappa shape index (κ1) is 16.3. The van der Waals surface area contributed by atoms with E-state index in [4.69, 9.17) is 4.74 Å². The number of benzene rings is 1. The monoisotopic (exact) mass is 341 g/mol. The standard InChI is InChI=1S/C20H27N3O2/c1-25-16-7-8-18-17(12-16)15(13-22-18)9-10-21-20(24)23-11-3-5-14-4-2-6-19(14)23/h7-8,12-14,19,22H,2-6,9-11H2,1H3,(H,21,24). The van der Waals surface area contributed by atoms with E-state index in [2.05, 4.69) is 21.3 Å². The minimum Gasteiger partial charge on any atom is -0.497 e. The van der Waals surface area contributed by atoms with Gasteiger partial charge in [-0.2, -0.15) is 0 Å². The van der Waals surface area contributed by atoms with E-state index in [0.29, 0.717) is 12.6 Å². The molecule has 0 bridgehead atoms. The normalized spacial score (nSPS) is 22.8. The summed E-state index contributed by atoms with van der Waals surface area (Å²) in [5.41, 5.74) is 2.32. The van der Waals surface area contributed by atoms with Gasteiger partial charge in [0.05, 0.1) is 7.11 Å². The molecular formula is C20H27N3O2. The van der Waals surface area contributed by atoms with Crippen molar-refractivity contribution >= 4 is 16.9 Å². The van der Waals surface area contributed by atoms with Crippen molar-refractivity contribution in [2.75, 3.05) is 20.2 Å². The van der Waals surface area contributed by atoms with Crippen LogP contribution < -0.4 is 10.1 Å². The average Bonchev–Trinajstić information content (AvgIpc) is 3.27. The number of carbonyl (C=O) groups excluding carboxylic acids is 1. The van der Waals surface area contributed by atoms with Crippen LogP contribution in [0.3, 0.4) is 0 Å². The predicted octanol–water partition coefficient (Wildman–Crippen LogP) is 3.69. The third-order valence-corrected chi connectivity index (χ3v) is 5.90. The number of aromatic nitrogens is 1. The molecule has 2 heterocycles. The summed E-state index contributed by atoms with van der Waals surface area (Å²) >= 11 is 0. The highest BCUT2D eigenvalue weighted by Gasteiger charge is 2.37. The summed E-state index contributed by atoms with van der Waals surface area (Å²) < 4.78 is 5.32. The fourth-order valence-electron chi connectivity index (χ4n) is 4.60. The van der Waals surface area contributed by atoms with Crippen LogP contribution >= 0.6 is 0 Å². The van der Waals surface area contributed by atoms with Crippen LogP contribution in [0.5, 0.6) is 5.75 Å². The number of aromatic amines is 1. The Morgan fingerprint density at radius 1 is 1.32 bits per heavy atom. The van der Waals surface area contributed by atoms with Crippen molar-refractivity contribution < 1.29 is 9.53 Å². The number of amides is 2. The Kier molecular flexibility index (Phi) is 4.55. The van der Waals surface area contributed by atoms with Gasteiger partial charge in [0.1, 0.15) is 5.75 Å². The minimum atomic E-state index is 0.119. The smallest absolute Gasteiger partial charge is 0.317 e. The summed E-state index contributed by atoms with van der Waals surface area (Å²) in [6.07, 6.45) is 9.05. The summed E-state index contributed by atoms with van der Waals surface area (Å²) in [4.78, 5) is 18.0. The average molecular weight is 341 g/mol. The number of nitrogens with zero attached hydrogens (tertiary/aromatic N) is 1. The summed E-state index contributed by atoms with van der Waals surface area (Å²) in [6, 6.07) is 6.64. The number of hydrogen-bond donors (Lipinski definition) is 2. The number of carbonyl (C=O) groups is 1. The van der Waals surface area contributed by atoms with Crippen LogP contribution in [-0.2, 0) is 6.42 Å². The lowest BCUT2D eigenvalue weighted by Gasteiger charge is -2.37. The van der Waals surface area contributed by atoms with Gasteiger partial charge < -0.3 is 19.9 Å². The molecule has 5 nitrogen and oxygen atoms in total. The Hall–Kier alpha value is -2.17. The predicted molar refractivity (Wildman–Crippen MR) is 99.0 cm³/mol. The van der Waals surface area contributed by atoms with E-state index >= 15 is 0 Å². The number of hydrogen-bond acceptors (Lipinski definition) is 2. The lowest BCUT2D eigenvalue weighted by molar-refractivity contribution is 0.128. The summed E-state index contributed by atoms with van der Waals surface area (Å²) in [7, 11) is 1.68. The van der Waals surface area contributed by atoms with Crippen LogP contribution in [-0.4, -0.2) is 42.2 Å². The van der Waals surface area contributed by atoms with Crippen molar-refractivity contribution in [1.82, 2.24) is 15.2 Å². The van der Waals surface area contributed by atoms with Gasteiger partial charge in [-0.1, -0.05) is 6.42 Å². The van der Waals surface area contributed by atoms with Crippen molar-refractivity contribution in [3.8, 4) is 5.75 Å². The van der Waals surface area contributed by atoms with Gasteiger partial charge in [0.25, 0.3) is 0 Å². The molecule has 2 unspecified atom stereocenters. The largest absolute Gasteiger partial charge is 0.497 e. The van der Waals surface area contributed by atoms with E-state index in [1.54, 1.807) is 7.11 Å². The molecular weight excluding hydrogens is 314 g/mol. The lowest BCUT2D eigenvalue weighted by atomic mass is 9.92. The van der Waals surface area contributed by atoms with E-state index in [9.17, 15) is 4.79 Å². The molecule has 0 radical (unpaired) electrons. The fourth-order valence-corrected chi connectivity index (χ4v) is 4.60. The molecule has 2 amide bonds. The molecule has 134 valence electrons. The highest BCUT2D eigenvalue weighted by molar-refractivity contribution is 5.84. The highest BCUT2D eigenvalue weighted by Crippen LogP contribution is 2.36. The second-order valence-corrected chi connectivity index (χ2v) is 7.30. The Morgan fingerprint density at radius 3 is 3.08 bits per heavy atom.